The summed E-state index contributed by atoms with van der Waals surface area (Å²) in [6, 6.07) is 6.22. The topological polar surface area (TPSA) is 63.6 Å². The molecule has 1 aromatic rings. The molecule has 0 radical (unpaired) electrons. The summed E-state index contributed by atoms with van der Waals surface area (Å²) in [6.45, 7) is 3.45. The van der Waals surface area contributed by atoms with Crippen molar-refractivity contribution in [2.24, 2.45) is 0 Å². The molecule has 0 aliphatic rings. The molecule has 4 heteroatoms. The van der Waals surface area contributed by atoms with Crippen molar-refractivity contribution in [2.75, 3.05) is 7.11 Å². The maximum atomic E-state index is 11.1. The molecule has 1 atom stereocenters. The van der Waals surface area contributed by atoms with E-state index in [1.165, 1.54) is 7.11 Å². The lowest BCUT2D eigenvalue weighted by atomic mass is 10.0. The molecule has 0 spiro atoms. The van der Waals surface area contributed by atoms with Crippen LogP contribution in [-0.2, 0) is 9.53 Å². The number of esters is 1. The summed E-state index contributed by atoms with van der Waals surface area (Å²) in [5.74, 6) is -0.660. The number of methoxy groups -OCH3 is 1. The molecule has 1 rings (SSSR count). The van der Waals surface area contributed by atoms with Gasteiger partial charge >= 0.3 is 5.97 Å². The van der Waals surface area contributed by atoms with E-state index in [1.807, 2.05) is 0 Å². The Morgan fingerprint density at radius 3 is 2.44 bits per heavy atom. The van der Waals surface area contributed by atoms with Crippen molar-refractivity contribution < 1.29 is 19.4 Å². The summed E-state index contributed by atoms with van der Waals surface area (Å²) in [7, 11) is 1.22. The molecule has 1 unspecified atom stereocenters. The number of aldehydes is 1. The van der Waals surface area contributed by atoms with Gasteiger partial charge in [0.15, 0.2) is 0 Å². The van der Waals surface area contributed by atoms with Crippen LogP contribution < -0.4 is 0 Å². The summed E-state index contributed by atoms with van der Waals surface area (Å²) >= 11 is 0. The summed E-state index contributed by atoms with van der Waals surface area (Å²) in [5, 5.41) is 9.77. The fraction of sp³-hybridized carbons (Fsp3) is 0.167. The van der Waals surface area contributed by atoms with E-state index < -0.39 is 12.1 Å². The summed E-state index contributed by atoms with van der Waals surface area (Å²) in [4.78, 5) is 21.5. The lowest BCUT2D eigenvalue weighted by Gasteiger charge is -2.12. The summed E-state index contributed by atoms with van der Waals surface area (Å²) < 4.78 is 4.44. The van der Waals surface area contributed by atoms with Crippen LogP contribution in [0.5, 0.6) is 0 Å². The molecule has 0 aromatic heterocycles. The second kappa shape index (κ2) is 5.23. The van der Waals surface area contributed by atoms with Crippen molar-refractivity contribution in [2.45, 2.75) is 6.10 Å². The zero-order chi connectivity index (χ0) is 12.1. The standard InChI is InChI=1S/C12H12O4/c1-8(12(15)16-2)11(14)10-5-3-9(7-13)4-6-10/h3-7,11,14H,1H2,2H3. The average Bonchev–Trinajstić information content (AvgIpc) is 2.36. The van der Waals surface area contributed by atoms with Crippen LogP contribution in [0.3, 0.4) is 0 Å². The molecular formula is C12H12O4. The Balaban J connectivity index is 2.87. The number of benzene rings is 1. The molecule has 0 bridgehead atoms. The number of ether oxygens (including phenoxy) is 1. The van der Waals surface area contributed by atoms with Crippen LogP contribution in [-0.4, -0.2) is 24.5 Å². The number of hydrogen-bond acceptors (Lipinski definition) is 4. The van der Waals surface area contributed by atoms with Crippen LogP contribution in [0.2, 0.25) is 0 Å². The van der Waals surface area contributed by atoms with Gasteiger partial charge in [-0.2, -0.15) is 0 Å². The second-order valence-corrected chi connectivity index (χ2v) is 3.20. The first-order chi connectivity index (χ1) is 7.60. The third-order valence-corrected chi connectivity index (χ3v) is 2.17. The molecule has 0 aliphatic heterocycles. The molecular weight excluding hydrogens is 208 g/mol. The molecule has 0 amide bonds. The molecule has 16 heavy (non-hydrogen) atoms. The molecule has 0 heterocycles. The molecule has 4 nitrogen and oxygen atoms in total. The van der Waals surface area contributed by atoms with Gasteiger partial charge in [-0.25, -0.2) is 4.79 Å². The van der Waals surface area contributed by atoms with E-state index >= 15 is 0 Å². The Morgan fingerprint density at radius 2 is 2.00 bits per heavy atom. The minimum atomic E-state index is -1.12. The fourth-order valence-corrected chi connectivity index (χ4v) is 1.20. The average molecular weight is 220 g/mol. The van der Waals surface area contributed by atoms with Gasteiger partial charge in [-0.3, -0.25) is 4.79 Å². The smallest absolute Gasteiger partial charge is 0.336 e. The first kappa shape index (κ1) is 12.1. The number of aliphatic hydroxyl groups excluding tert-OH is 1. The second-order valence-electron chi connectivity index (χ2n) is 3.20. The number of hydrogen-bond donors (Lipinski definition) is 1. The molecule has 84 valence electrons. The number of aliphatic hydroxyl groups is 1. The molecule has 1 aromatic carbocycles. The quantitative estimate of drug-likeness (QED) is 0.471. The van der Waals surface area contributed by atoms with Crippen LogP contribution in [0.4, 0.5) is 0 Å². The Bertz CT molecular complexity index is 406. The highest BCUT2D eigenvalue weighted by atomic mass is 16.5. The Labute approximate surface area is 93.2 Å². The zero-order valence-corrected chi connectivity index (χ0v) is 8.84. The van der Waals surface area contributed by atoms with E-state index in [4.69, 9.17) is 0 Å². The van der Waals surface area contributed by atoms with Crippen LogP contribution in [0.1, 0.15) is 22.0 Å². The van der Waals surface area contributed by atoms with E-state index in [0.717, 1.165) is 0 Å². The van der Waals surface area contributed by atoms with Gasteiger partial charge in [0.2, 0.25) is 0 Å². The third-order valence-electron chi connectivity index (χ3n) is 2.17. The minimum absolute atomic E-state index is 0.0404. The van der Waals surface area contributed by atoms with Crippen molar-refractivity contribution in [3.05, 3.63) is 47.5 Å². The lowest BCUT2D eigenvalue weighted by Crippen LogP contribution is -2.11. The van der Waals surface area contributed by atoms with E-state index in [-0.39, 0.29) is 5.57 Å². The van der Waals surface area contributed by atoms with Gasteiger partial charge in [-0.15, -0.1) is 0 Å². The fourth-order valence-electron chi connectivity index (χ4n) is 1.20. The van der Waals surface area contributed by atoms with Gasteiger partial charge in [0.1, 0.15) is 12.4 Å². The Hall–Kier alpha value is -1.94. The molecule has 0 aliphatic carbocycles. The van der Waals surface area contributed by atoms with Crippen molar-refractivity contribution in [3.8, 4) is 0 Å². The predicted molar refractivity (Wildman–Crippen MR) is 57.9 cm³/mol. The SMILES string of the molecule is C=C(C(=O)OC)C(O)c1ccc(C=O)cc1. The predicted octanol–water partition coefficient (Wildman–Crippen LogP) is 1.26. The number of rotatable bonds is 4. The van der Waals surface area contributed by atoms with Gasteiger partial charge in [0, 0.05) is 5.56 Å². The maximum absolute atomic E-state index is 11.1. The van der Waals surface area contributed by atoms with E-state index in [2.05, 4.69) is 11.3 Å². The Morgan fingerprint density at radius 1 is 1.44 bits per heavy atom. The third kappa shape index (κ3) is 2.55. The first-order valence-electron chi connectivity index (χ1n) is 4.60. The highest BCUT2D eigenvalue weighted by Crippen LogP contribution is 2.21. The van der Waals surface area contributed by atoms with E-state index in [0.29, 0.717) is 17.4 Å². The number of carbonyl (C=O) groups excluding carboxylic acids is 2. The number of carbonyl (C=O) groups is 2. The van der Waals surface area contributed by atoms with Crippen LogP contribution >= 0.6 is 0 Å². The minimum Gasteiger partial charge on any atom is -0.466 e. The Kier molecular flexibility index (Phi) is 3.96. The molecule has 0 saturated carbocycles. The largest absolute Gasteiger partial charge is 0.466 e. The monoisotopic (exact) mass is 220 g/mol. The van der Waals surface area contributed by atoms with Gasteiger partial charge < -0.3 is 9.84 Å². The first-order valence-corrected chi connectivity index (χ1v) is 4.60. The van der Waals surface area contributed by atoms with Crippen molar-refractivity contribution in [3.63, 3.8) is 0 Å². The summed E-state index contributed by atoms with van der Waals surface area (Å²) in [6.07, 6.45) is -0.418. The normalized spacial score (nSPS) is 11.6. The molecule has 0 saturated heterocycles. The highest BCUT2D eigenvalue weighted by molar-refractivity contribution is 5.89. The summed E-state index contributed by atoms with van der Waals surface area (Å²) in [5.41, 5.74) is 0.946. The van der Waals surface area contributed by atoms with Crippen molar-refractivity contribution in [1.82, 2.24) is 0 Å². The molecule has 0 fully saturated rings. The van der Waals surface area contributed by atoms with E-state index in [9.17, 15) is 14.7 Å². The highest BCUT2D eigenvalue weighted by Gasteiger charge is 2.18. The van der Waals surface area contributed by atoms with Crippen molar-refractivity contribution >= 4 is 12.3 Å². The van der Waals surface area contributed by atoms with Gasteiger partial charge in [0.05, 0.1) is 12.7 Å². The van der Waals surface area contributed by atoms with Gasteiger partial charge in [-0.05, 0) is 5.56 Å². The van der Waals surface area contributed by atoms with Crippen LogP contribution in [0.15, 0.2) is 36.4 Å². The van der Waals surface area contributed by atoms with Gasteiger partial charge in [0.25, 0.3) is 0 Å². The lowest BCUT2D eigenvalue weighted by molar-refractivity contribution is -0.137. The zero-order valence-electron chi connectivity index (χ0n) is 8.84. The van der Waals surface area contributed by atoms with E-state index in [1.54, 1.807) is 24.3 Å². The van der Waals surface area contributed by atoms with Crippen LogP contribution in [0.25, 0.3) is 0 Å². The van der Waals surface area contributed by atoms with Crippen LogP contribution in [0, 0.1) is 0 Å². The van der Waals surface area contributed by atoms with Crippen molar-refractivity contribution in [1.29, 1.82) is 0 Å². The maximum Gasteiger partial charge on any atom is 0.336 e. The molecule has 1 N–H and O–H groups in total. The van der Waals surface area contributed by atoms with Gasteiger partial charge in [-0.1, -0.05) is 30.8 Å².